The van der Waals surface area contributed by atoms with E-state index in [1.165, 1.54) is 0 Å². The van der Waals surface area contributed by atoms with Gasteiger partial charge >= 0.3 is 5.97 Å². The highest BCUT2D eigenvalue weighted by molar-refractivity contribution is 9.11. The topological polar surface area (TPSA) is 58.6 Å². The molecule has 2 aromatic carbocycles. The molecule has 0 saturated carbocycles. The summed E-state index contributed by atoms with van der Waals surface area (Å²) in [5.74, 6) is -0.130. The van der Waals surface area contributed by atoms with Crippen LogP contribution in [0, 0.1) is 6.92 Å². The molecule has 0 aromatic heterocycles. The maximum Gasteiger partial charge on any atom is 0.335 e. The van der Waals surface area contributed by atoms with E-state index in [2.05, 4.69) is 44.1 Å². The third-order valence-electron chi connectivity index (χ3n) is 3.49. The van der Waals surface area contributed by atoms with E-state index in [-0.39, 0.29) is 5.56 Å². The van der Waals surface area contributed by atoms with Gasteiger partial charge in [0.2, 0.25) is 0 Å². The van der Waals surface area contributed by atoms with Gasteiger partial charge in [0.15, 0.2) is 0 Å². The van der Waals surface area contributed by atoms with Crippen molar-refractivity contribution in [2.45, 2.75) is 26.8 Å². The average Bonchev–Trinajstić information content (AvgIpc) is 2.52. The summed E-state index contributed by atoms with van der Waals surface area (Å²) in [6.07, 6.45) is 0.926. The number of carboxylic acids is 1. The summed E-state index contributed by atoms with van der Waals surface area (Å²) in [5, 5.41) is 12.5. The molecule has 2 N–H and O–H groups in total. The first kappa shape index (κ1) is 18.8. The Morgan fingerprint density at radius 3 is 2.67 bits per heavy atom. The summed E-state index contributed by atoms with van der Waals surface area (Å²) in [6, 6.07) is 9.01. The summed E-state index contributed by atoms with van der Waals surface area (Å²) in [5.41, 5.74) is 3.04. The molecular weight excluding hydrogens is 438 g/mol. The molecule has 4 nitrogen and oxygen atoms in total. The third kappa shape index (κ3) is 4.74. The molecule has 0 saturated heterocycles. The van der Waals surface area contributed by atoms with Crippen LogP contribution in [0.15, 0.2) is 39.3 Å². The largest absolute Gasteiger partial charge is 0.492 e. The highest BCUT2D eigenvalue weighted by Gasteiger charge is 2.12. The Hall–Kier alpha value is -1.53. The highest BCUT2D eigenvalue weighted by Crippen LogP contribution is 2.34. The molecule has 0 aliphatic heterocycles. The van der Waals surface area contributed by atoms with Gasteiger partial charge in [0.25, 0.3) is 0 Å². The van der Waals surface area contributed by atoms with Crippen LogP contribution in [0.1, 0.15) is 34.8 Å². The Kier molecular flexibility index (Phi) is 6.69. The molecule has 0 aliphatic carbocycles. The van der Waals surface area contributed by atoms with E-state index in [0.717, 1.165) is 37.9 Å². The van der Waals surface area contributed by atoms with Gasteiger partial charge in [0, 0.05) is 22.3 Å². The lowest BCUT2D eigenvalue weighted by molar-refractivity contribution is 0.0697. The van der Waals surface area contributed by atoms with Crippen molar-refractivity contribution in [3.8, 4) is 5.75 Å². The molecule has 24 heavy (non-hydrogen) atoms. The fourth-order valence-corrected chi connectivity index (χ4v) is 3.67. The Morgan fingerprint density at radius 1 is 1.25 bits per heavy atom. The van der Waals surface area contributed by atoms with Gasteiger partial charge in [-0.25, -0.2) is 4.79 Å². The van der Waals surface area contributed by atoms with Crippen molar-refractivity contribution in [2.24, 2.45) is 0 Å². The molecule has 0 amide bonds. The van der Waals surface area contributed by atoms with Gasteiger partial charge in [-0.05, 0) is 59.1 Å². The number of nitrogens with one attached hydrogen (secondary N) is 1. The fourth-order valence-electron chi connectivity index (χ4n) is 2.25. The number of ether oxygens (including phenoxy) is 1. The zero-order valence-electron chi connectivity index (χ0n) is 13.5. The predicted molar refractivity (Wildman–Crippen MR) is 103 cm³/mol. The van der Waals surface area contributed by atoms with Crippen molar-refractivity contribution < 1.29 is 14.6 Å². The van der Waals surface area contributed by atoms with E-state index in [4.69, 9.17) is 9.84 Å². The van der Waals surface area contributed by atoms with E-state index >= 15 is 0 Å². The van der Waals surface area contributed by atoms with Crippen LogP contribution in [-0.2, 0) is 6.54 Å². The normalized spacial score (nSPS) is 10.5. The quantitative estimate of drug-likeness (QED) is 0.567. The lowest BCUT2D eigenvalue weighted by Crippen LogP contribution is -2.07. The summed E-state index contributed by atoms with van der Waals surface area (Å²) >= 11 is 7.03. The van der Waals surface area contributed by atoms with Crippen LogP contribution in [0.5, 0.6) is 5.75 Å². The maximum atomic E-state index is 11.1. The lowest BCUT2D eigenvalue weighted by atomic mass is 10.1. The summed E-state index contributed by atoms with van der Waals surface area (Å²) < 4.78 is 7.69. The second kappa shape index (κ2) is 8.53. The molecule has 0 fully saturated rings. The Balaban J connectivity index is 2.25. The van der Waals surface area contributed by atoms with E-state index in [1.54, 1.807) is 18.2 Å². The average molecular weight is 457 g/mol. The molecule has 0 unspecified atom stereocenters. The van der Waals surface area contributed by atoms with Crippen LogP contribution in [0.4, 0.5) is 5.69 Å². The van der Waals surface area contributed by atoms with Gasteiger partial charge in [0.05, 0.1) is 16.6 Å². The van der Waals surface area contributed by atoms with Gasteiger partial charge in [-0.15, -0.1) is 0 Å². The minimum Gasteiger partial charge on any atom is -0.492 e. The van der Waals surface area contributed by atoms with Gasteiger partial charge in [-0.3, -0.25) is 0 Å². The standard InChI is InChI=1S/C18H19Br2NO3/c1-3-6-24-17-13(7-14(19)9-15(17)20)10-21-16-8-12(18(22)23)5-4-11(16)2/h4-5,7-9,21H,3,6,10H2,1-2H3,(H,22,23). The first-order chi connectivity index (χ1) is 11.4. The first-order valence-corrected chi connectivity index (χ1v) is 9.19. The number of carbonyl (C=O) groups is 1. The monoisotopic (exact) mass is 455 g/mol. The maximum absolute atomic E-state index is 11.1. The smallest absolute Gasteiger partial charge is 0.335 e. The van der Waals surface area contributed by atoms with Crippen molar-refractivity contribution in [1.82, 2.24) is 0 Å². The molecule has 6 heteroatoms. The number of rotatable bonds is 7. The van der Waals surface area contributed by atoms with Crippen LogP contribution in [0.3, 0.4) is 0 Å². The highest BCUT2D eigenvalue weighted by atomic mass is 79.9. The molecule has 0 aliphatic rings. The molecule has 2 aromatic rings. The first-order valence-electron chi connectivity index (χ1n) is 7.61. The van der Waals surface area contributed by atoms with Crippen LogP contribution in [-0.4, -0.2) is 17.7 Å². The molecule has 0 atom stereocenters. The van der Waals surface area contributed by atoms with Gasteiger partial charge < -0.3 is 15.2 Å². The van der Waals surface area contributed by atoms with Crippen molar-refractivity contribution in [1.29, 1.82) is 0 Å². The van der Waals surface area contributed by atoms with E-state index < -0.39 is 5.97 Å². The van der Waals surface area contributed by atoms with Crippen molar-refractivity contribution in [3.05, 3.63) is 56.0 Å². The third-order valence-corrected chi connectivity index (χ3v) is 4.54. The van der Waals surface area contributed by atoms with Crippen molar-refractivity contribution in [3.63, 3.8) is 0 Å². The zero-order chi connectivity index (χ0) is 17.7. The molecule has 0 heterocycles. The van der Waals surface area contributed by atoms with E-state index in [0.29, 0.717) is 13.2 Å². The van der Waals surface area contributed by atoms with Crippen LogP contribution >= 0.6 is 31.9 Å². The van der Waals surface area contributed by atoms with Crippen molar-refractivity contribution >= 4 is 43.5 Å². The fraction of sp³-hybridized carbons (Fsp3) is 0.278. The summed E-state index contributed by atoms with van der Waals surface area (Å²) in [4.78, 5) is 11.1. The zero-order valence-corrected chi connectivity index (χ0v) is 16.7. The second-order valence-corrected chi connectivity index (χ2v) is 7.18. The van der Waals surface area contributed by atoms with Gasteiger partial charge in [0.1, 0.15) is 5.75 Å². The number of benzene rings is 2. The number of hydrogen-bond acceptors (Lipinski definition) is 3. The molecule has 2 rings (SSSR count). The van der Waals surface area contributed by atoms with Crippen LogP contribution in [0.2, 0.25) is 0 Å². The molecule has 0 bridgehead atoms. The number of carboxylic acid groups (broad SMARTS) is 1. The second-order valence-electron chi connectivity index (χ2n) is 5.41. The number of aromatic carboxylic acids is 1. The number of anilines is 1. The van der Waals surface area contributed by atoms with Crippen molar-refractivity contribution in [2.75, 3.05) is 11.9 Å². The predicted octanol–water partition coefficient (Wildman–Crippen LogP) is 5.62. The van der Waals surface area contributed by atoms with E-state index in [1.807, 2.05) is 19.1 Å². The SMILES string of the molecule is CCCOc1c(Br)cc(Br)cc1CNc1cc(C(=O)O)ccc1C. The summed E-state index contributed by atoms with van der Waals surface area (Å²) in [7, 11) is 0. The molecule has 128 valence electrons. The number of aryl methyl sites for hydroxylation is 1. The van der Waals surface area contributed by atoms with Crippen LogP contribution in [0.25, 0.3) is 0 Å². The van der Waals surface area contributed by atoms with Crippen LogP contribution < -0.4 is 10.1 Å². The van der Waals surface area contributed by atoms with Gasteiger partial charge in [-0.1, -0.05) is 28.9 Å². The van der Waals surface area contributed by atoms with E-state index in [9.17, 15) is 4.79 Å². The number of halogens is 2. The minimum atomic E-state index is -0.935. The Labute approximate surface area is 158 Å². The molecule has 0 spiro atoms. The Bertz CT molecular complexity index is 747. The minimum absolute atomic E-state index is 0.265. The number of hydrogen-bond donors (Lipinski definition) is 2. The van der Waals surface area contributed by atoms with Gasteiger partial charge in [-0.2, -0.15) is 0 Å². The lowest BCUT2D eigenvalue weighted by Gasteiger charge is -2.16. The summed E-state index contributed by atoms with van der Waals surface area (Å²) in [6.45, 7) is 5.17. The Morgan fingerprint density at radius 2 is 2.00 bits per heavy atom. The molecule has 0 radical (unpaired) electrons. The molecular formula is C18H19Br2NO3.